The van der Waals surface area contributed by atoms with E-state index in [1.54, 1.807) is 12.1 Å². The third-order valence-corrected chi connectivity index (χ3v) is 5.68. The minimum Gasteiger partial charge on any atom is -0.502 e. The van der Waals surface area contributed by atoms with Crippen molar-refractivity contribution in [3.05, 3.63) is 60.7 Å². The number of rotatable bonds is 7. The molecule has 0 bridgehead atoms. The van der Waals surface area contributed by atoms with E-state index in [2.05, 4.69) is 0 Å². The van der Waals surface area contributed by atoms with Crippen molar-refractivity contribution in [2.24, 2.45) is 0 Å². The summed E-state index contributed by atoms with van der Waals surface area (Å²) < 4.78 is 17.0. The number of oxazole rings is 1. The highest BCUT2D eigenvalue weighted by Gasteiger charge is 2.23. The lowest BCUT2D eigenvalue weighted by Crippen LogP contribution is -2.08. The fourth-order valence-corrected chi connectivity index (χ4v) is 3.75. The fourth-order valence-electron chi connectivity index (χ4n) is 3.75. The van der Waals surface area contributed by atoms with Gasteiger partial charge in [0.05, 0.1) is 19.8 Å². The standard InChI is InChI=1S/C27H29N3O4/c1-29(2)19-11-7-17(8-12-19)23-25(18-9-13-20(14-10-18)30(3)4)34-27(28-23)21-15-16-22(32-5)24(31)26(21)33-6/h7-16,31H,1-6H3. The number of benzene rings is 3. The van der Waals surface area contributed by atoms with Crippen LogP contribution in [0.2, 0.25) is 0 Å². The van der Waals surface area contributed by atoms with Crippen LogP contribution in [-0.2, 0) is 0 Å². The fraction of sp³-hybridized carbons (Fsp3) is 0.222. The lowest BCUT2D eigenvalue weighted by Gasteiger charge is -2.13. The van der Waals surface area contributed by atoms with Gasteiger partial charge >= 0.3 is 0 Å². The van der Waals surface area contributed by atoms with Gasteiger partial charge in [-0.15, -0.1) is 0 Å². The molecule has 0 saturated heterocycles. The van der Waals surface area contributed by atoms with Crippen molar-refractivity contribution in [2.75, 3.05) is 52.2 Å². The highest BCUT2D eigenvalue weighted by atomic mass is 16.5. The van der Waals surface area contributed by atoms with Crippen molar-refractivity contribution >= 4 is 11.4 Å². The van der Waals surface area contributed by atoms with Crippen LogP contribution >= 0.6 is 0 Å². The van der Waals surface area contributed by atoms with Gasteiger partial charge in [0.1, 0.15) is 5.69 Å². The first-order valence-corrected chi connectivity index (χ1v) is 10.8. The maximum atomic E-state index is 10.6. The summed E-state index contributed by atoms with van der Waals surface area (Å²) in [4.78, 5) is 8.93. The van der Waals surface area contributed by atoms with E-state index in [1.807, 2.05) is 86.5 Å². The van der Waals surface area contributed by atoms with Crippen molar-refractivity contribution in [3.63, 3.8) is 0 Å². The number of phenolic OH excluding ortho intramolecular Hbond substituents is 1. The number of aromatic nitrogens is 1. The van der Waals surface area contributed by atoms with Gasteiger partial charge in [0.2, 0.25) is 11.6 Å². The van der Waals surface area contributed by atoms with Crippen LogP contribution in [-0.4, -0.2) is 52.5 Å². The Hall–Kier alpha value is -4.13. The van der Waals surface area contributed by atoms with Crippen LogP contribution < -0.4 is 19.3 Å². The number of hydrogen-bond donors (Lipinski definition) is 1. The van der Waals surface area contributed by atoms with Crippen molar-refractivity contribution in [2.45, 2.75) is 0 Å². The lowest BCUT2D eigenvalue weighted by atomic mass is 10.0. The van der Waals surface area contributed by atoms with Crippen LogP contribution in [0.4, 0.5) is 11.4 Å². The Labute approximate surface area is 199 Å². The number of ether oxygens (including phenoxy) is 2. The van der Waals surface area contributed by atoms with Crippen LogP contribution in [0.15, 0.2) is 65.1 Å². The summed E-state index contributed by atoms with van der Waals surface area (Å²) in [7, 11) is 11.0. The summed E-state index contributed by atoms with van der Waals surface area (Å²) in [6.07, 6.45) is 0. The van der Waals surface area contributed by atoms with E-state index in [9.17, 15) is 5.11 Å². The third kappa shape index (κ3) is 4.24. The van der Waals surface area contributed by atoms with E-state index in [0.29, 0.717) is 28.7 Å². The van der Waals surface area contributed by atoms with E-state index >= 15 is 0 Å². The van der Waals surface area contributed by atoms with Crippen molar-refractivity contribution in [1.29, 1.82) is 0 Å². The molecule has 0 aliphatic heterocycles. The van der Waals surface area contributed by atoms with Crippen molar-refractivity contribution in [3.8, 4) is 51.3 Å². The maximum Gasteiger partial charge on any atom is 0.231 e. The second-order valence-electron chi connectivity index (χ2n) is 8.28. The molecular formula is C27H29N3O4. The molecule has 0 unspecified atom stereocenters. The number of methoxy groups -OCH3 is 2. The van der Waals surface area contributed by atoms with Gasteiger partial charge in [0.25, 0.3) is 0 Å². The lowest BCUT2D eigenvalue weighted by molar-refractivity contribution is 0.340. The Bertz CT molecular complexity index is 1210. The van der Waals surface area contributed by atoms with E-state index in [0.717, 1.165) is 22.5 Å². The zero-order chi connectivity index (χ0) is 24.4. The van der Waals surface area contributed by atoms with E-state index < -0.39 is 0 Å². The Balaban J connectivity index is 1.89. The molecule has 1 aromatic heterocycles. The van der Waals surface area contributed by atoms with Gasteiger partial charge in [-0.05, 0) is 48.5 Å². The monoisotopic (exact) mass is 459 g/mol. The Morgan fingerprint density at radius 3 is 1.79 bits per heavy atom. The molecule has 1 N–H and O–H groups in total. The summed E-state index contributed by atoms with van der Waals surface area (Å²) in [5, 5.41) is 10.6. The van der Waals surface area contributed by atoms with Gasteiger partial charge in [-0.25, -0.2) is 4.98 Å². The molecule has 0 saturated carbocycles. The maximum absolute atomic E-state index is 10.6. The minimum absolute atomic E-state index is 0.102. The molecule has 4 aromatic rings. The zero-order valence-electron chi connectivity index (χ0n) is 20.3. The van der Waals surface area contributed by atoms with Gasteiger partial charge in [0, 0.05) is 50.7 Å². The molecule has 7 nitrogen and oxygen atoms in total. The van der Waals surface area contributed by atoms with Gasteiger partial charge in [0.15, 0.2) is 17.3 Å². The molecule has 0 aliphatic rings. The number of aromatic hydroxyl groups is 1. The average Bonchev–Trinajstić information content (AvgIpc) is 3.29. The van der Waals surface area contributed by atoms with Gasteiger partial charge < -0.3 is 28.8 Å². The topological polar surface area (TPSA) is 71.2 Å². The number of nitrogens with zero attached hydrogens (tertiary/aromatic N) is 3. The number of hydrogen-bond acceptors (Lipinski definition) is 7. The molecule has 0 amide bonds. The van der Waals surface area contributed by atoms with Crippen LogP contribution in [0.5, 0.6) is 17.2 Å². The smallest absolute Gasteiger partial charge is 0.231 e. The van der Waals surface area contributed by atoms with E-state index in [1.165, 1.54) is 14.2 Å². The highest BCUT2D eigenvalue weighted by molar-refractivity contribution is 5.82. The summed E-state index contributed by atoms with van der Waals surface area (Å²) in [5.41, 5.74) is 5.23. The van der Waals surface area contributed by atoms with Crippen molar-refractivity contribution < 1.29 is 19.0 Å². The van der Waals surface area contributed by atoms with Crippen LogP contribution in [0.1, 0.15) is 0 Å². The van der Waals surface area contributed by atoms with Crippen LogP contribution in [0.3, 0.4) is 0 Å². The second kappa shape index (κ2) is 9.39. The summed E-state index contributed by atoms with van der Waals surface area (Å²) in [5.74, 6) is 1.42. The molecule has 176 valence electrons. The molecule has 1 heterocycles. The summed E-state index contributed by atoms with van der Waals surface area (Å²) >= 11 is 0. The first-order chi connectivity index (χ1) is 16.3. The molecule has 34 heavy (non-hydrogen) atoms. The minimum atomic E-state index is -0.102. The van der Waals surface area contributed by atoms with E-state index in [4.69, 9.17) is 18.9 Å². The van der Waals surface area contributed by atoms with E-state index in [-0.39, 0.29) is 11.5 Å². The number of phenols is 1. The zero-order valence-corrected chi connectivity index (χ0v) is 20.3. The predicted octanol–water partition coefficient (Wildman–Crippen LogP) is 5.53. The molecule has 0 atom stereocenters. The number of anilines is 2. The van der Waals surface area contributed by atoms with Gasteiger partial charge in [-0.1, -0.05) is 12.1 Å². The van der Waals surface area contributed by atoms with Crippen molar-refractivity contribution in [1.82, 2.24) is 4.98 Å². The summed E-state index contributed by atoms with van der Waals surface area (Å²) in [6, 6.07) is 19.7. The second-order valence-corrected chi connectivity index (χ2v) is 8.28. The van der Waals surface area contributed by atoms with Gasteiger partial charge in [-0.3, -0.25) is 0 Å². The molecule has 7 heteroatoms. The Kier molecular flexibility index (Phi) is 6.36. The third-order valence-electron chi connectivity index (χ3n) is 5.68. The molecule has 4 rings (SSSR count). The molecular weight excluding hydrogens is 430 g/mol. The summed E-state index contributed by atoms with van der Waals surface area (Å²) in [6.45, 7) is 0. The average molecular weight is 460 g/mol. The molecule has 0 aliphatic carbocycles. The highest BCUT2D eigenvalue weighted by Crippen LogP contribution is 2.45. The molecule has 0 spiro atoms. The largest absolute Gasteiger partial charge is 0.502 e. The van der Waals surface area contributed by atoms with Gasteiger partial charge in [-0.2, -0.15) is 0 Å². The molecule has 0 fully saturated rings. The SMILES string of the molecule is COc1ccc(-c2nc(-c3ccc(N(C)C)cc3)c(-c3ccc(N(C)C)cc3)o2)c(OC)c1O. The van der Waals surface area contributed by atoms with Crippen LogP contribution in [0.25, 0.3) is 34.0 Å². The Morgan fingerprint density at radius 1 is 0.735 bits per heavy atom. The quantitative estimate of drug-likeness (QED) is 0.390. The molecule has 3 aromatic carbocycles. The molecule has 0 radical (unpaired) electrons. The Morgan fingerprint density at radius 2 is 1.29 bits per heavy atom. The first kappa shape index (κ1) is 23.0. The first-order valence-electron chi connectivity index (χ1n) is 10.8. The van der Waals surface area contributed by atoms with Crippen LogP contribution in [0, 0.1) is 0 Å². The predicted molar refractivity (Wildman–Crippen MR) is 136 cm³/mol. The normalized spacial score (nSPS) is 10.8.